The second-order valence-corrected chi connectivity index (χ2v) is 6.32. The molecule has 1 aromatic heterocycles. The fourth-order valence-electron chi connectivity index (χ4n) is 2.16. The summed E-state index contributed by atoms with van der Waals surface area (Å²) in [6, 6.07) is 4.01. The van der Waals surface area contributed by atoms with Crippen LogP contribution in [0, 0.1) is 5.92 Å². The number of ether oxygens (including phenoxy) is 1. The van der Waals surface area contributed by atoms with E-state index >= 15 is 0 Å². The molecule has 25 heavy (non-hydrogen) atoms. The Morgan fingerprint density at radius 1 is 1.32 bits per heavy atom. The molecule has 0 saturated heterocycles. The minimum atomic E-state index is 0. The number of rotatable bonds is 10. The summed E-state index contributed by atoms with van der Waals surface area (Å²) in [7, 11) is 3.99. The smallest absolute Gasteiger partial charge is 0.191 e. The Kier molecular flexibility index (Phi) is 13.5. The largest absolute Gasteiger partial charge is 0.381 e. The van der Waals surface area contributed by atoms with E-state index in [1.54, 1.807) is 0 Å². The van der Waals surface area contributed by atoms with Crippen molar-refractivity contribution in [3.63, 3.8) is 0 Å². The molecule has 0 radical (unpaired) electrons. The third-order valence-electron chi connectivity index (χ3n) is 3.25. The van der Waals surface area contributed by atoms with Crippen LogP contribution in [0.5, 0.6) is 0 Å². The van der Waals surface area contributed by atoms with Crippen LogP contribution in [0.1, 0.15) is 32.8 Å². The zero-order valence-corrected chi connectivity index (χ0v) is 18.5. The molecule has 0 aliphatic carbocycles. The Labute approximate surface area is 169 Å². The number of guanidine groups is 1. The van der Waals surface area contributed by atoms with Crippen LogP contribution < -0.4 is 15.5 Å². The van der Waals surface area contributed by atoms with Gasteiger partial charge in [0, 0.05) is 52.2 Å². The highest BCUT2D eigenvalue weighted by Gasteiger charge is 2.05. The van der Waals surface area contributed by atoms with Crippen LogP contribution in [-0.4, -0.2) is 51.3 Å². The van der Waals surface area contributed by atoms with Crippen LogP contribution in [0.3, 0.4) is 0 Å². The second-order valence-electron chi connectivity index (χ2n) is 6.32. The van der Waals surface area contributed by atoms with Crippen LogP contribution in [0.15, 0.2) is 23.3 Å². The van der Waals surface area contributed by atoms with Gasteiger partial charge in [-0.05, 0) is 25.3 Å². The van der Waals surface area contributed by atoms with Crippen LogP contribution in [-0.2, 0) is 11.3 Å². The van der Waals surface area contributed by atoms with Crippen LogP contribution in [0.25, 0.3) is 0 Å². The first-order valence-electron chi connectivity index (χ1n) is 8.75. The quantitative estimate of drug-likeness (QED) is 0.242. The number of anilines is 1. The number of pyridine rings is 1. The Hall–Kier alpha value is -1.09. The van der Waals surface area contributed by atoms with E-state index in [1.165, 1.54) is 0 Å². The lowest BCUT2D eigenvalue weighted by molar-refractivity contribution is 0.108. The lowest BCUT2D eigenvalue weighted by Crippen LogP contribution is -2.38. The van der Waals surface area contributed by atoms with Crippen molar-refractivity contribution >= 4 is 35.8 Å². The molecule has 1 heterocycles. The van der Waals surface area contributed by atoms with Crippen LogP contribution in [0.2, 0.25) is 0 Å². The van der Waals surface area contributed by atoms with Gasteiger partial charge in [0.1, 0.15) is 5.82 Å². The number of halogens is 1. The number of nitrogens with one attached hydrogen (secondary N) is 2. The molecule has 7 heteroatoms. The maximum Gasteiger partial charge on any atom is 0.191 e. The molecule has 0 spiro atoms. The fourth-order valence-corrected chi connectivity index (χ4v) is 2.16. The Morgan fingerprint density at radius 3 is 2.72 bits per heavy atom. The van der Waals surface area contributed by atoms with E-state index in [1.807, 2.05) is 31.3 Å². The van der Waals surface area contributed by atoms with Gasteiger partial charge in [-0.15, -0.1) is 24.0 Å². The van der Waals surface area contributed by atoms with Crippen molar-refractivity contribution in [2.24, 2.45) is 10.9 Å². The summed E-state index contributed by atoms with van der Waals surface area (Å²) in [5.41, 5.74) is 1.11. The summed E-state index contributed by atoms with van der Waals surface area (Å²) in [6.45, 7) is 10.3. The predicted molar refractivity (Wildman–Crippen MR) is 117 cm³/mol. The van der Waals surface area contributed by atoms with Crippen molar-refractivity contribution < 1.29 is 4.74 Å². The van der Waals surface area contributed by atoms with Gasteiger partial charge in [-0.2, -0.15) is 0 Å². The van der Waals surface area contributed by atoms with Crippen molar-refractivity contribution in [3.8, 4) is 0 Å². The molecule has 0 aliphatic heterocycles. The van der Waals surface area contributed by atoms with Crippen LogP contribution >= 0.6 is 24.0 Å². The van der Waals surface area contributed by atoms with E-state index in [0.717, 1.165) is 50.1 Å². The Bertz CT molecular complexity index is 494. The first-order chi connectivity index (χ1) is 11.5. The van der Waals surface area contributed by atoms with Gasteiger partial charge < -0.3 is 20.3 Å². The molecular weight excluding hydrogens is 429 g/mol. The maximum absolute atomic E-state index is 5.59. The summed E-state index contributed by atoms with van der Waals surface area (Å²) in [6.07, 6.45) is 2.77. The monoisotopic (exact) mass is 463 g/mol. The third-order valence-corrected chi connectivity index (χ3v) is 3.25. The number of nitrogens with zero attached hydrogens (tertiary/aromatic N) is 3. The first-order valence-corrected chi connectivity index (χ1v) is 8.75. The number of hydrogen-bond donors (Lipinski definition) is 2. The normalized spacial score (nSPS) is 11.2. The van der Waals surface area contributed by atoms with E-state index in [4.69, 9.17) is 4.74 Å². The van der Waals surface area contributed by atoms with Crippen molar-refractivity contribution in [3.05, 3.63) is 23.9 Å². The number of aliphatic imine (C=N–C) groups is 1. The third kappa shape index (κ3) is 10.5. The minimum Gasteiger partial charge on any atom is -0.381 e. The van der Waals surface area contributed by atoms with Gasteiger partial charge in [-0.1, -0.05) is 19.9 Å². The Morgan fingerprint density at radius 2 is 2.08 bits per heavy atom. The zero-order chi connectivity index (χ0) is 17.8. The average Bonchev–Trinajstić information content (AvgIpc) is 2.55. The van der Waals surface area contributed by atoms with Crippen molar-refractivity contribution in [2.75, 3.05) is 45.3 Å². The van der Waals surface area contributed by atoms with Crippen molar-refractivity contribution in [1.29, 1.82) is 0 Å². The summed E-state index contributed by atoms with van der Waals surface area (Å²) in [5, 5.41) is 6.63. The molecule has 6 nitrogen and oxygen atoms in total. The first kappa shape index (κ1) is 23.9. The zero-order valence-electron chi connectivity index (χ0n) is 16.2. The molecule has 0 unspecified atom stereocenters. The lowest BCUT2D eigenvalue weighted by Gasteiger charge is -2.15. The lowest BCUT2D eigenvalue weighted by atomic mass is 10.2. The van der Waals surface area contributed by atoms with Crippen LogP contribution in [0.4, 0.5) is 5.82 Å². The summed E-state index contributed by atoms with van der Waals surface area (Å²) in [4.78, 5) is 11.1. The summed E-state index contributed by atoms with van der Waals surface area (Å²) in [5.74, 6) is 2.37. The highest BCUT2D eigenvalue weighted by atomic mass is 127. The number of aromatic nitrogens is 1. The van der Waals surface area contributed by atoms with Gasteiger partial charge in [0.15, 0.2) is 5.96 Å². The van der Waals surface area contributed by atoms with Crippen molar-refractivity contribution in [1.82, 2.24) is 15.6 Å². The van der Waals surface area contributed by atoms with E-state index in [9.17, 15) is 0 Å². The van der Waals surface area contributed by atoms with Crippen molar-refractivity contribution in [2.45, 2.75) is 33.7 Å². The molecule has 1 aromatic rings. The molecule has 0 amide bonds. The fraction of sp³-hybridized carbons (Fsp3) is 0.667. The topological polar surface area (TPSA) is 61.8 Å². The van der Waals surface area contributed by atoms with E-state index < -0.39 is 0 Å². The molecular formula is C18H34IN5O. The molecule has 0 atom stereocenters. The molecule has 144 valence electrons. The molecule has 0 saturated carbocycles. The van der Waals surface area contributed by atoms with E-state index in [2.05, 4.69) is 47.4 Å². The van der Waals surface area contributed by atoms with Gasteiger partial charge in [0.25, 0.3) is 0 Å². The summed E-state index contributed by atoms with van der Waals surface area (Å²) < 4.78 is 5.59. The molecule has 0 aliphatic rings. The average molecular weight is 463 g/mol. The van der Waals surface area contributed by atoms with Gasteiger partial charge in [-0.3, -0.25) is 0 Å². The Balaban J connectivity index is 0.00000576. The molecule has 1 rings (SSSR count). The second kappa shape index (κ2) is 14.1. The molecule has 0 bridgehead atoms. The highest BCUT2D eigenvalue weighted by molar-refractivity contribution is 14.0. The molecule has 0 fully saturated rings. The van der Waals surface area contributed by atoms with E-state index in [-0.39, 0.29) is 24.0 Å². The number of hydrogen-bond acceptors (Lipinski definition) is 4. The predicted octanol–water partition coefficient (Wildman–Crippen LogP) is 2.88. The minimum absolute atomic E-state index is 0. The van der Waals surface area contributed by atoms with E-state index in [0.29, 0.717) is 12.5 Å². The van der Waals surface area contributed by atoms with Gasteiger partial charge >= 0.3 is 0 Å². The maximum atomic E-state index is 5.59. The molecule has 2 N–H and O–H groups in total. The highest BCUT2D eigenvalue weighted by Crippen LogP contribution is 2.15. The standard InChI is InChI=1S/C18H33N5O.HI/c1-6-19-18(21-11-8-12-24-14-15(2)3)22-13-16-9-7-10-20-17(16)23(4)5;/h7,9-10,15H,6,8,11-14H2,1-5H3,(H2,19,21,22);1H. The SMILES string of the molecule is CCNC(=NCc1cccnc1N(C)C)NCCCOCC(C)C.I. The van der Waals surface area contributed by atoms with Gasteiger partial charge in [0.2, 0.25) is 0 Å². The van der Waals surface area contributed by atoms with Gasteiger partial charge in [-0.25, -0.2) is 9.98 Å². The summed E-state index contributed by atoms with van der Waals surface area (Å²) >= 11 is 0. The van der Waals surface area contributed by atoms with Gasteiger partial charge in [0.05, 0.1) is 6.54 Å². The molecule has 0 aromatic carbocycles.